The van der Waals surface area contributed by atoms with Gasteiger partial charge in [-0.2, -0.15) is 5.26 Å². The third-order valence-corrected chi connectivity index (χ3v) is 2.41. The van der Waals surface area contributed by atoms with Gasteiger partial charge in [-0.1, -0.05) is 11.6 Å². The second-order valence-corrected chi connectivity index (χ2v) is 3.91. The summed E-state index contributed by atoms with van der Waals surface area (Å²) in [6, 6.07) is 6.24. The summed E-state index contributed by atoms with van der Waals surface area (Å²) in [4.78, 5) is 3.79. The molecule has 1 N–H and O–H groups in total. The van der Waals surface area contributed by atoms with Crippen LogP contribution in [0.5, 0.6) is 0 Å². The molecule has 0 aliphatic heterocycles. The smallest absolute Gasteiger partial charge is 0.196 e. The zero-order chi connectivity index (χ0) is 14.0. The van der Waals surface area contributed by atoms with Crippen molar-refractivity contribution < 1.29 is 13.2 Å². The Hall–Kier alpha value is -2.26. The highest BCUT2D eigenvalue weighted by molar-refractivity contribution is 6.29. The van der Waals surface area contributed by atoms with Gasteiger partial charge in [0.2, 0.25) is 0 Å². The molecule has 0 aliphatic carbocycles. The van der Waals surface area contributed by atoms with Gasteiger partial charge in [-0.25, -0.2) is 18.2 Å². The first kappa shape index (κ1) is 13.2. The second-order valence-electron chi connectivity index (χ2n) is 3.52. The molecule has 0 aliphatic rings. The van der Waals surface area contributed by atoms with Gasteiger partial charge in [0.15, 0.2) is 17.5 Å². The Kier molecular flexibility index (Phi) is 3.58. The molecular weight excluding hydrogens is 279 g/mol. The van der Waals surface area contributed by atoms with Crippen LogP contribution >= 0.6 is 11.6 Å². The fourth-order valence-electron chi connectivity index (χ4n) is 1.39. The first-order chi connectivity index (χ1) is 9.01. The zero-order valence-corrected chi connectivity index (χ0v) is 9.97. The highest BCUT2D eigenvalue weighted by atomic mass is 35.5. The van der Waals surface area contributed by atoms with Crippen molar-refractivity contribution in [3.63, 3.8) is 0 Å². The van der Waals surface area contributed by atoms with Crippen LogP contribution in [0.1, 0.15) is 5.56 Å². The van der Waals surface area contributed by atoms with Crippen LogP contribution in [0, 0.1) is 28.8 Å². The minimum Gasteiger partial charge on any atom is -0.338 e. The van der Waals surface area contributed by atoms with Gasteiger partial charge in [-0.15, -0.1) is 0 Å². The Labute approximate surface area is 111 Å². The van der Waals surface area contributed by atoms with Gasteiger partial charge in [0, 0.05) is 0 Å². The summed E-state index contributed by atoms with van der Waals surface area (Å²) >= 11 is 5.66. The molecule has 0 bridgehead atoms. The summed E-state index contributed by atoms with van der Waals surface area (Å²) in [5.74, 6) is -4.21. The number of anilines is 2. The number of hydrogen-bond donors (Lipinski definition) is 1. The van der Waals surface area contributed by atoms with Gasteiger partial charge in [-0.05, 0) is 24.3 Å². The molecule has 2 aromatic rings. The van der Waals surface area contributed by atoms with E-state index in [4.69, 9.17) is 16.9 Å². The van der Waals surface area contributed by atoms with Crippen molar-refractivity contribution in [3.8, 4) is 6.07 Å². The predicted molar refractivity (Wildman–Crippen MR) is 63.6 cm³/mol. The summed E-state index contributed by atoms with van der Waals surface area (Å²) in [6.07, 6.45) is 0. The van der Waals surface area contributed by atoms with Crippen LogP contribution in [0.2, 0.25) is 5.15 Å². The third kappa shape index (κ3) is 2.77. The van der Waals surface area contributed by atoms with Gasteiger partial charge >= 0.3 is 0 Å². The lowest BCUT2D eigenvalue weighted by Crippen LogP contribution is -2.00. The van der Waals surface area contributed by atoms with Crippen molar-refractivity contribution in [1.82, 2.24) is 4.98 Å². The van der Waals surface area contributed by atoms with E-state index in [-0.39, 0.29) is 22.2 Å². The van der Waals surface area contributed by atoms with Gasteiger partial charge < -0.3 is 5.32 Å². The van der Waals surface area contributed by atoms with Crippen molar-refractivity contribution in [1.29, 1.82) is 5.26 Å². The molecule has 0 fully saturated rings. The van der Waals surface area contributed by atoms with E-state index < -0.39 is 17.5 Å². The van der Waals surface area contributed by atoms with Crippen LogP contribution in [0.15, 0.2) is 24.3 Å². The third-order valence-electron chi connectivity index (χ3n) is 2.22. The maximum absolute atomic E-state index is 13.4. The minimum atomic E-state index is -1.59. The summed E-state index contributed by atoms with van der Waals surface area (Å²) in [5, 5.41) is 11.2. The number of nitriles is 1. The topological polar surface area (TPSA) is 48.7 Å². The van der Waals surface area contributed by atoms with Crippen LogP contribution in [0.4, 0.5) is 24.7 Å². The fourth-order valence-corrected chi connectivity index (χ4v) is 1.59. The summed E-state index contributed by atoms with van der Waals surface area (Å²) in [5.41, 5.74) is -0.108. The number of nitrogens with one attached hydrogen (secondary N) is 1. The molecule has 7 heteroatoms. The van der Waals surface area contributed by atoms with Gasteiger partial charge in [0.25, 0.3) is 0 Å². The molecule has 1 heterocycles. The molecule has 0 atom stereocenters. The van der Waals surface area contributed by atoms with E-state index in [1.54, 1.807) is 0 Å². The highest BCUT2D eigenvalue weighted by Gasteiger charge is 2.14. The van der Waals surface area contributed by atoms with E-state index in [9.17, 15) is 13.2 Å². The Morgan fingerprint density at radius 3 is 2.58 bits per heavy atom. The Bertz CT molecular complexity index is 683. The number of rotatable bonds is 2. The van der Waals surface area contributed by atoms with Crippen molar-refractivity contribution in [2.75, 3.05) is 5.32 Å². The lowest BCUT2D eigenvalue weighted by molar-refractivity contribution is 0.449. The van der Waals surface area contributed by atoms with E-state index in [2.05, 4.69) is 10.3 Å². The fraction of sp³-hybridized carbons (Fsp3) is 0. The van der Waals surface area contributed by atoms with Crippen molar-refractivity contribution >= 4 is 23.1 Å². The predicted octanol–water partition coefficient (Wildman–Crippen LogP) is 3.77. The number of hydrogen-bond acceptors (Lipinski definition) is 3. The average molecular weight is 284 g/mol. The molecule has 19 heavy (non-hydrogen) atoms. The molecule has 0 unspecified atom stereocenters. The number of pyridine rings is 1. The summed E-state index contributed by atoms with van der Waals surface area (Å²) < 4.78 is 39.2. The molecule has 0 spiro atoms. The van der Waals surface area contributed by atoms with E-state index in [0.29, 0.717) is 0 Å². The normalized spacial score (nSPS) is 10.1. The van der Waals surface area contributed by atoms with Crippen LogP contribution in [0.25, 0.3) is 0 Å². The Balaban J connectivity index is 2.40. The molecule has 1 aromatic heterocycles. The Morgan fingerprint density at radius 2 is 1.89 bits per heavy atom. The standard InChI is InChI=1S/C12H5ClF3N3/c13-9-3-6(5-17)4-10(19-9)18-8-2-1-7(14)11(15)12(8)16/h1-4H,(H,18,19). The molecule has 96 valence electrons. The van der Waals surface area contributed by atoms with E-state index >= 15 is 0 Å². The van der Waals surface area contributed by atoms with Crippen molar-refractivity contribution in [2.24, 2.45) is 0 Å². The highest BCUT2D eigenvalue weighted by Crippen LogP contribution is 2.24. The quantitative estimate of drug-likeness (QED) is 0.674. The molecule has 3 nitrogen and oxygen atoms in total. The van der Waals surface area contributed by atoms with Crippen molar-refractivity contribution in [3.05, 3.63) is 52.4 Å². The van der Waals surface area contributed by atoms with Gasteiger partial charge in [0.05, 0.1) is 17.3 Å². The number of nitrogens with zero attached hydrogens (tertiary/aromatic N) is 2. The molecule has 0 radical (unpaired) electrons. The molecule has 0 saturated heterocycles. The maximum atomic E-state index is 13.4. The molecule has 0 saturated carbocycles. The van der Waals surface area contributed by atoms with E-state index in [0.717, 1.165) is 12.1 Å². The molecule has 1 aromatic carbocycles. The lowest BCUT2D eigenvalue weighted by atomic mass is 10.2. The molecule has 0 amide bonds. The summed E-state index contributed by atoms with van der Waals surface area (Å²) in [6.45, 7) is 0. The minimum absolute atomic E-state index is 0.0181. The van der Waals surface area contributed by atoms with Crippen LogP contribution in [-0.2, 0) is 0 Å². The van der Waals surface area contributed by atoms with E-state index in [1.807, 2.05) is 6.07 Å². The van der Waals surface area contributed by atoms with Crippen LogP contribution < -0.4 is 5.32 Å². The molecular formula is C12H5ClF3N3. The SMILES string of the molecule is N#Cc1cc(Cl)nc(Nc2ccc(F)c(F)c2F)c1. The first-order valence-electron chi connectivity index (χ1n) is 4.99. The number of benzene rings is 1. The van der Waals surface area contributed by atoms with Crippen LogP contribution in [0.3, 0.4) is 0 Å². The monoisotopic (exact) mass is 283 g/mol. The number of halogens is 4. The first-order valence-corrected chi connectivity index (χ1v) is 5.37. The maximum Gasteiger partial charge on any atom is 0.196 e. The Morgan fingerprint density at radius 1 is 1.16 bits per heavy atom. The summed E-state index contributed by atoms with van der Waals surface area (Å²) in [7, 11) is 0. The van der Waals surface area contributed by atoms with E-state index in [1.165, 1.54) is 12.1 Å². The van der Waals surface area contributed by atoms with Gasteiger partial charge in [0.1, 0.15) is 11.0 Å². The largest absolute Gasteiger partial charge is 0.338 e. The number of aromatic nitrogens is 1. The average Bonchev–Trinajstić information content (AvgIpc) is 2.39. The second kappa shape index (κ2) is 5.16. The lowest BCUT2D eigenvalue weighted by Gasteiger charge is -2.08. The van der Waals surface area contributed by atoms with Crippen molar-refractivity contribution in [2.45, 2.75) is 0 Å². The zero-order valence-electron chi connectivity index (χ0n) is 9.22. The van der Waals surface area contributed by atoms with Gasteiger partial charge in [-0.3, -0.25) is 0 Å². The molecule has 2 rings (SSSR count). The van der Waals surface area contributed by atoms with Crippen LogP contribution in [-0.4, -0.2) is 4.98 Å².